The summed E-state index contributed by atoms with van der Waals surface area (Å²) in [7, 11) is -2.91. The molecule has 0 aliphatic carbocycles. The van der Waals surface area contributed by atoms with Gasteiger partial charge in [0.1, 0.15) is 0 Å². The molecule has 2 atom stereocenters. The molecule has 1 saturated heterocycles. The summed E-state index contributed by atoms with van der Waals surface area (Å²) >= 11 is 0. The van der Waals surface area contributed by atoms with E-state index in [2.05, 4.69) is 10.1 Å². The number of carbonyl (C=O) groups excluding carboxylic acids is 3. The SMILES string of the molecule is CCC(CC)C(=O)OCOP1(=O)OCCCC(C)(C)[C@H](C(=O)NCCC(=O)OC)O1. The Morgan fingerprint density at radius 2 is 1.90 bits per heavy atom. The minimum Gasteiger partial charge on any atom is -0.469 e. The van der Waals surface area contributed by atoms with E-state index in [0.717, 1.165) is 0 Å². The number of rotatable bonds is 10. The first-order valence-corrected chi connectivity index (χ1v) is 11.6. The van der Waals surface area contributed by atoms with Crippen LogP contribution in [0.1, 0.15) is 59.8 Å². The highest BCUT2D eigenvalue weighted by Gasteiger charge is 2.44. The van der Waals surface area contributed by atoms with Crippen molar-refractivity contribution in [1.82, 2.24) is 5.32 Å². The predicted molar refractivity (Wildman–Crippen MR) is 107 cm³/mol. The highest BCUT2D eigenvalue weighted by molar-refractivity contribution is 7.48. The molecule has 30 heavy (non-hydrogen) atoms. The lowest BCUT2D eigenvalue weighted by Crippen LogP contribution is -2.46. The zero-order valence-corrected chi connectivity index (χ0v) is 19.3. The molecule has 1 heterocycles. The molecule has 0 spiro atoms. The lowest BCUT2D eigenvalue weighted by atomic mass is 9.81. The monoisotopic (exact) mass is 451 g/mol. The Morgan fingerprint density at radius 3 is 2.50 bits per heavy atom. The highest BCUT2D eigenvalue weighted by Crippen LogP contribution is 2.54. The third-order valence-corrected chi connectivity index (χ3v) is 6.37. The van der Waals surface area contributed by atoms with Gasteiger partial charge in [-0.25, -0.2) is 9.09 Å². The summed E-state index contributed by atoms with van der Waals surface area (Å²) in [5.41, 5.74) is -0.676. The van der Waals surface area contributed by atoms with Crippen molar-refractivity contribution in [2.24, 2.45) is 11.3 Å². The van der Waals surface area contributed by atoms with Gasteiger partial charge in [-0.3, -0.25) is 23.4 Å². The maximum absolute atomic E-state index is 13.0. The zero-order chi connectivity index (χ0) is 22.8. The second-order valence-corrected chi connectivity index (χ2v) is 9.32. The summed E-state index contributed by atoms with van der Waals surface area (Å²) in [5.74, 6) is -1.76. The smallest absolute Gasteiger partial charge is 0.469 e. The minimum absolute atomic E-state index is 0.00791. The van der Waals surface area contributed by atoms with Crippen molar-refractivity contribution < 1.29 is 42.0 Å². The van der Waals surface area contributed by atoms with Gasteiger partial charge in [-0.15, -0.1) is 0 Å². The fourth-order valence-electron chi connectivity index (χ4n) is 2.98. The van der Waals surface area contributed by atoms with E-state index in [1.807, 2.05) is 13.8 Å². The van der Waals surface area contributed by atoms with E-state index in [9.17, 15) is 18.9 Å². The topological polar surface area (TPSA) is 126 Å². The minimum atomic E-state index is -4.16. The van der Waals surface area contributed by atoms with Crippen LogP contribution in [0.5, 0.6) is 0 Å². The second-order valence-electron chi connectivity index (χ2n) is 7.70. The molecule has 1 fully saturated rings. The Balaban J connectivity index is 2.79. The van der Waals surface area contributed by atoms with Gasteiger partial charge in [-0.05, 0) is 25.7 Å². The number of ether oxygens (including phenoxy) is 2. The van der Waals surface area contributed by atoms with Crippen molar-refractivity contribution in [1.29, 1.82) is 0 Å². The first-order chi connectivity index (χ1) is 14.1. The fraction of sp³-hybridized carbons (Fsp3) is 0.842. The molecule has 0 bridgehead atoms. The molecule has 11 heteroatoms. The number of nitrogens with one attached hydrogen (secondary N) is 1. The zero-order valence-electron chi connectivity index (χ0n) is 18.4. The summed E-state index contributed by atoms with van der Waals surface area (Å²) in [6.45, 7) is 6.89. The van der Waals surface area contributed by atoms with Gasteiger partial charge in [0.2, 0.25) is 12.7 Å². The molecule has 0 saturated carbocycles. The number of phosphoric ester groups is 1. The van der Waals surface area contributed by atoms with Crippen LogP contribution in [0.25, 0.3) is 0 Å². The van der Waals surface area contributed by atoms with Crippen molar-refractivity contribution in [3.8, 4) is 0 Å². The molecule has 1 rings (SSSR count). The Kier molecular flexibility index (Phi) is 11.0. The van der Waals surface area contributed by atoms with E-state index >= 15 is 0 Å². The van der Waals surface area contributed by atoms with Crippen LogP contribution in [0, 0.1) is 11.3 Å². The summed E-state index contributed by atoms with van der Waals surface area (Å²) < 4.78 is 38.5. The van der Waals surface area contributed by atoms with E-state index in [0.29, 0.717) is 25.7 Å². The molecule has 0 aromatic heterocycles. The second kappa shape index (κ2) is 12.4. The first kappa shape index (κ1) is 26.6. The van der Waals surface area contributed by atoms with Crippen molar-refractivity contribution in [3.05, 3.63) is 0 Å². The maximum Gasteiger partial charge on any atom is 0.478 e. The van der Waals surface area contributed by atoms with Crippen LogP contribution >= 0.6 is 7.82 Å². The molecule has 174 valence electrons. The van der Waals surface area contributed by atoms with E-state index < -0.39 is 44.0 Å². The molecular formula is C19H34NO9P. The number of hydrogen-bond acceptors (Lipinski definition) is 9. The fourth-order valence-corrected chi connectivity index (χ4v) is 4.35. The predicted octanol–water partition coefficient (Wildman–Crippen LogP) is 2.95. The Hall–Kier alpha value is -1.48. The number of esters is 2. The number of phosphoric acid groups is 1. The van der Waals surface area contributed by atoms with Crippen LogP contribution in [0.3, 0.4) is 0 Å². The van der Waals surface area contributed by atoms with E-state index in [1.165, 1.54) is 7.11 Å². The van der Waals surface area contributed by atoms with Crippen molar-refractivity contribution in [2.75, 3.05) is 27.1 Å². The summed E-state index contributed by atoms with van der Waals surface area (Å²) in [5, 5.41) is 2.58. The summed E-state index contributed by atoms with van der Waals surface area (Å²) in [6.07, 6.45) is 1.17. The van der Waals surface area contributed by atoms with Crippen LogP contribution in [-0.4, -0.2) is 51.0 Å². The van der Waals surface area contributed by atoms with Gasteiger partial charge in [0, 0.05) is 12.0 Å². The molecule has 1 aliphatic rings. The molecular weight excluding hydrogens is 417 g/mol. The molecule has 1 N–H and O–H groups in total. The molecule has 0 radical (unpaired) electrons. The van der Waals surface area contributed by atoms with Crippen LogP contribution in [0.4, 0.5) is 0 Å². The van der Waals surface area contributed by atoms with Crippen molar-refractivity contribution in [3.63, 3.8) is 0 Å². The van der Waals surface area contributed by atoms with Crippen molar-refractivity contribution in [2.45, 2.75) is 65.9 Å². The van der Waals surface area contributed by atoms with E-state index in [1.54, 1.807) is 13.8 Å². The number of carbonyl (C=O) groups is 3. The molecule has 0 aromatic carbocycles. The number of hydrogen-bond donors (Lipinski definition) is 1. The standard InChI is InChI=1S/C19H34NO9P/c1-6-14(7-2)18(23)26-13-28-30(24)27-12-8-10-19(3,4)16(29-30)17(22)20-11-9-15(21)25-5/h14,16H,6-13H2,1-5H3,(H,20,22)/t16-,30?/m0/s1. The average Bonchev–Trinajstić information content (AvgIpc) is 2.69. The lowest BCUT2D eigenvalue weighted by Gasteiger charge is -2.36. The van der Waals surface area contributed by atoms with Crippen LogP contribution in [-0.2, 0) is 42.0 Å². The third kappa shape index (κ3) is 8.34. The average molecular weight is 451 g/mol. The first-order valence-electron chi connectivity index (χ1n) is 10.2. The van der Waals surface area contributed by atoms with Gasteiger partial charge in [0.05, 0.1) is 26.1 Å². The Morgan fingerprint density at radius 1 is 1.23 bits per heavy atom. The highest BCUT2D eigenvalue weighted by atomic mass is 31.2. The normalized spacial score (nSPS) is 23.9. The van der Waals surface area contributed by atoms with E-state index in [4.69, 9.17) is 18.3 Å². The largest absolute Gasteiger partial charge is 0.478 e. The van der Waals surface area contributed by atoms with Gasteiger partial charge < -0.3 is 14.8 Å². The Bertz CT molecular complexity index is 633. The van der Waals surface area contributed by atoms with Gasteiger partial charge >= 0.3 is 19.8 Å². The van der Waals surface area contributed by atoms with Crippen molar-refractivity contribution >= 4 is 25.7 Å². The maximum atomic E-state index is 13.0. The van der Waals surface area contributed by atoms with E-state index in [-0.39, 0.29) is 25.5 Å². The lowest BCUT2D eigenvalue weighted by molar-refractivity contribution is -0.158. The van der Waals surface area contributed by atoms with Gasteiger partial charge in [-0.2, -0.15) is 0 Å². The Labute approximate surface area is 177 Å². The number of methoxy groups -OCH3 is 1. The van der Waals surface area contributed by atoms with Crippen LogP contribution in [0.2, 0.25) is 0 Å². The quantitative estimate of drug-likeness (QED) is 0.303. The summed E-state index contributed by atoms with van der Waals surface area (Å²) in [4.78, 5) is 35.9. The number of amides is 1. The van der Waals surface area contributed by atoms with Crippen LogP contribution < -0.4 is 5.32 Å². The van der Waals surface area contributed by atoms with Crippen LogP contribution in [0.15, 0.2) is 0 Å². The summed E-state index contributed by atoms with van der Waals surface area (Å²) in [6, 6.07) is 0. The molecule has 1 unspecified atom stereocenters. The van der Waals surface area contributed by atoms with Gasteiger partial charge in [0.25, 0.3) is 0 Å². The third-order valence-electron chi connectivity index (χ3n) is 4.98. The molecule has 0 aromatic rings. The molecule has 10 nitrogen and oxygen atoms in total. The van der Waals surface area contributed by atoms with Gasteiger partial charge in [0.15, 0.2) is 6.10 Å². The van der Waals surface area contributed by atoms with Gasteiger partial charge in [-0.1, -0.05) is 27.7 Å². The molecule has 1 aliphatic heterocycles. The molecule has 1 amide bonds.